The number of aromatic nitrogens is 4. The van der Waals surface area contributed by atoms with Crippen LogP contribution in [0.5, 0.6) is 5.88 Å². The van der Waals surface area contributed by atoms with Crippen molar-refractivity contribution in [1.82, 2.24) is 20.0 Å². The Labute approximate surface area is 248 Å². The number of hydrogen-bond donors (Lipinski definition) is 3. The highest BCUT2D eigenvalue weighted by Gasteiger charge is 2.44. The summed E-state index contributed by atoms with van der Waals surface area (Å²) in [5, 5.41) is 50.8. The van der Waals surface area contributed by atoms with Crippen molar-refractivity contribution in [2.75, 3.05) is 25.1 Å². The third-order valence-electron chi connectivity index (χ3n) is 8.09. The lowest BCUT2D eigenvalue weighted by Crippen LogP contribution is -2.58. The van der Waals surface area contributed by atoms with Crippen LogP contribution in [0.3, 0.4) is 0 Å². The van der Waals surface area contributed by atoms with Gasteiger partial charge in [-0.2, -0.15) is 5.26 Å². The van der Waals surface area contributed by atoms with Crippen LogP contribution < -0.4 is 9.64 Å². The Morgan fingerprint density at radius 1 is 1.00 bits per heavy atom. The van der Waals surface area contributed by atoms with Gasteiger partial charge in [-0.15, -0.1) is 5.10 Å². The number of fused-ring (bicyclic) bond motifs is 1. The lowest BCUT2D eigenvalue weighted by Gasteiger charge is -2.39. The Morgan fingerprint density at radius 3 is 2.58 bits per heavy atom. The second-order valence-electron chi connectivity index (χ2n) is 10.9. The molecular formula is C31H34N6O6. The number of anilines is 1. The molecule has 2 aromatic heterocycles. The Morgan fingerprint density at radius 2 is 1.79 bits per heavy atom. The summed E-state index contributed by atoms with van der Waals surface area (Å²) in [4.78, 5) is 6.74. The van der Waals surface area contributed by atoms with Crippen LogP contribution in [-0.4, -0.2) is 86.2 Å². The maximum atomic E-state index is 10.3. The summed E-state index contributed by atoms with van der Waals surface area (Å²) < 4.78 is 18.0. The maximum Gasteiger partial charge on any atom is 0.232 e. The molecule has 2 aliphatic rings. The Balaban J connectivity index is 1.15. The van der Waals surface area contributed by atoms with E-state index in [9.17, 15) is 20.6 Å². The van der Waals surface area contributed by atoms with E-state index < -0.39 is 30.7 Å². The molecular weight excluding hydrogens is 552 g/mol. The van der Waals surface area contributed by atoms with Crippen LogP contribution in [0.2, 0.25) is 0 Å². The second-order valence-corrected chi connectivity index (χ2v) is 10.9. The van der Waals surface area contributed by atoms with Gasteiger partial charge < -0.3 is 34.4 Å². The highest BCUT2D eigenvalue weighted by atomic mass is 16.7. The summed E-state index contributed by atoms with van der Waals surface area (Å²) in [7, 11) is 1.34. The zero-order chi connectivity index (χ0) is 29.9. The average molecular weight is 587 g/mol. The van der Waals surface area contributed by atoms with Gasteiger partial charge in [0.15, 0.2) is 6.29 Å². The number of rotatable bonds is 8. The van der Waals surface area contributed by atoms with Gasteiger partial charge in [0, 0.05) is 37.6 Å². The molecule has 0 unspecified atom stereocenters. The van der Waals surface area contributed by atoms with E-state index in [0.717, 1.165) is 35.0 Å². The first-order chi connectivity index (χ1) is 20.9. The summed E-state index contributed by atoms with van der Waals surface area (Å²) >= 11 is 0. The molecule has 224 valence electrons. The van der Waals surface area contributed by atoms with E-state index >= 15 is 0 Å². The Hall–Kier alpha value is -4.12. The van der Waals surface area contributed by atoms with Gasteiger partial charge in [0.05, 0.1) is 12.7 Å². The number of aliphatic hydroxyl groups is 3. The summed E-state index contributed by atoms with van der Waals surface area (Å²) in [5.74, 6) is 0.182. The van der Waals surface area contributed by atoms with E-state index in [1.165, 1.54) is 36.7 Å². The molecule has 4 aromatic rings. The fourth-order valence-electron chi connectivity index (χ4n) is 5.73. The van der Waals surface area contributed by atoms with Crippen LogP contribution in [0.25, 0.3) is 21.9 Å². The number of nitrogens with zero attached hydrogens (tertiary/aromatic N) is 6. The van der Waals surface area contributed by atoms with Gasteiger partial charge in [-0.05, 0) is 59.9 Å². The topological polar surface area (TPSA) is 159 Å². The molecule has 2 aliphatic heterocycles. The molecule has 0 bridgehead atoms. The Kier molecular flexibility index (Phi) is 8.51. The normalized spacial score (nSPS) is 24.2. The highest BCUT2D eigenvalue weighted by molar-refractivity contribution is 5.90. The van der Waals surface area contributed by atoms with E-state index in [-0.39, 0.29) is 19.0 Å². The molecule has 2 fully saturated rings. The molecule has 0 spiro atoms. The predicted octanol–water partition coefficient (Wildman–Crippen LogP) is 2.39. The first-order valence-corrected chi connectivity index (χ1v) is 14.4. The van der Waals surface area contributed by atoms with Crippen molar-refractivity contribution in [2.24, 2.45) is 0 Å². The van der Waals surface area contributed by atoms with Crippen LogP contribution in [0.4, 0.5) is 5.69 Å². The minimum atomic E-state index is -1.43. The summed E-state index contributed by atoms with van der Waals surface area (Å²) in [6, 6.07) is 16.7. The molecule has 12 heteroatoms. The standard InChI is InChI=1S/C31H34N6O6/c1-41-31-29(40)28(39)27(38)26(43-31)17-37-16-22(34-35-37)18-42-30-25(15-32)24(9-10-33-30)21-6-5-20-14-23(8-7-19(20)13-21)36-11-3-2-4-12-36/h5-10,13-14,16,26-29,31,38-40H,2-4,11-12,17-18H2,1H3/t26-,27+,28+,29-,31+/m1/s1. The fraction of sp³-hybridized carbons (Fsp3) is 0.419. The molecule has 0 radical (unpaired) electrons. The molecule has 43 heavy (non-hydrogen) atoms. The van der Waals surface area contributed by atoms with Crippen molar-refractivity contribution in [3.8, 4) is 23.1 Å². The molecule has 0 amide bonds. The van der Waals surface area contributed by atoms with Crippen LogP contribution in [-0.2, 0) is 22.6 Å². The lowest BCUT2D eigenvalue weighted by atomic mass is 9.98. The predicted molar refractivity (Wildman–Crippen MR) is 156 cm³/mol. The van der Waals surface area contributed by atoms with Gasteiger partial charge in [-0.3, -0.25) is 0 Å². The monoisotopic (exact) mass is 586 g/mol. The SMILES string of the molecule is CO[C@H]1O[C@H](Cn2cc(COc3nccc(-c4ccc5cc(N6CCCCC6)ccc5c4)c3C#N)nn2)[C@H](O)[C@H](O)[C@H]1O. The van der Waals surface area contributed by atoms with Crippen molar-refractivity contribution in [2.45, 2.75) is 63.1 Å². The largest absolute Gasteiger partial charge is 0.470 e. The number of pyridine rings is 1. The van der Waals surface area contributed by atoms with E-state index in [2.05, 4.69) is 56.6 Å². The van der Waals surface area contributed by atoms with Crippen molar-refractivity contribution < 1.29 is 29.5 Å². The van der Waals surface area contributed by atoms with E-state index in [0.29, 0.717) is 11.3 Å². The zero-order valence-electron chi connectivity index (χ0n) is 23.8. The van der Waals surface area contributed by atoms with Gasteiger partial charge in [0.2, 0.25) is 5.88 Å². The van der Waals surface area contributed by atoms with Gasteiger partial charge >= 0.3 is 0 Å². The molecule has 3 N–H and O–H groups in total. The molecule has 6 rings (SSSR count). The van der Waals surface area contributed by atoms with E-state index in [4.69, 9.17) is 14.2 Å². The molecule has 2 aromatic carbocycles. The maximum absolute atomic E-state index is 10.3. The fourth-order valence-corrected chi connectivity index (χ4v) is 5.73. The zero-order valence-corrected chi connectivity index (χ0v) is 23.8. The minimum Gasteiger partial charge on any atom is -0.470 e. The number of nitriles is 1. The smallest absolute Gasteiger partial charge is 0.232 e. The first kappa shape index (κ1) is 29.0. The van der Waals surface area contributed by atoms with Crippen molar-refractivity contribution in [1.29, 1.82) is 5.26 Å². The van der Waals surface area contributed by atoms with Crippen LogP contribution >= 0.6 is 0 Å². The van der Waals surface area contributed by atoms with Gasteiger partial charge in [0.1, 0.15) is 48.3 Å². The molecule has 4 heterocycles. The lowest BCUT2D eigenvalue weighted by molar-refractivity contribution is -0.292. The van der Waals surface area contributed by atoms with Crippen LogP contribution in [0.15, 0.2) is 54.9 Å². The van der Waals surface area contributed by atoms with Gasteiger partial charge in [-0.1, -0.05) is 23.4 Å². The third-order valence-corrected chi connectivity index (χ3v) is 8.09. The van der Waals surface area contributed by atoms with Crippen molar-refractivity contribution in [3.63, 3.8) is 0 Å². The highest BCUT2D eigenvalue weighted by Crippen LogP contribution is 2.33. The Bertz CT molecular complexity index is 1610. The number of piperidine rings is 1. The van der Waals surface area contributed by atoms with E-state index in [1.807, 2.05) is 6.07 Å². The van der Waals surface area contributed by atoms with Crippen molar-refractivity contribution >= 4 is 16.5 Å². The molecule has 0 saturated carbocycles. The first-order valence-electron chi connectivity index (χ1n) is 14.4. The van der Waals surface area contributed by atoms with Crippen LogP contribution in [0, 0.1) is 11.3 Å². The second kappa shape index (κ2) is 12.6. The van der Waals surface area contributed by atoms with Gasteiger partial charge in [0.25, 0.3) is 0 Å². The number of hydrogen-bond acceptors (Lipinski definition) is 11. The van der Waals surface area contributed by atoms with Crippen molar-refractivity contribution in [3.05, 3.63) is 66.1 Å². The molecule has 5 atom stereocenters. The van der Waals surface area contributed by atoms with Crippen LogP contribution in [0.1, 0.15) is 30.5 Å². The number of ether oxygens (including phenoxy) is 3. The number of benzene rings is 2. The number of aliphatic hydroxyl groups excluding tert-OH is 3. The molecule has 0 aliphatic carbocycles. The molecule has 2 saturated heterocycles. The quantitative estimate of drug-likeness (QED) is 0.278. The van der Waals surface area contributed by atoms with Gasteiger partial charge in [-0.25, -0.2) is 9.67 Å². The molecule has 12 nitrogen and oxygen atoms in total. The summed E-state index contributed by atoms with van der Waals surface area (Å²) in [6.07, 6.45) is 0.834. The average Bonchev–Trinajstić information content (AvgIpc) is 3.50. The summed E-state index contributed by atoms with van der Waals surface area (Å²) in [6.45, 7) is 2.23. The number of methoxy groups -OCH3 is 1. The minimum absolute atomic E-state index is 0.00174. The third kappa shape index (κ3) is 6.04. The summed E-state index contributed by atoms with van der Waals surface area (Å²) in [5.41, 5.74) is 3.62. The van der Waals surface area contributed by atoms with E-state index in [1.54, 1.807) is 18.5 Å².